The van der Waals surface area contributed by atoms with Gasteiger partial charge in [-0.05, 0) is 50.9 Å². The molecule has 0 radical (unpaired) electrons. The number of hydrogen-bond donors (Lipinski definition) is 1. The zero-order chi connectivity index (χ0) is 15.6. The van der Waals surface area contributed by atoms with Crippen LogP contribution >= 0.6 is 0 Å². The van der Waals surface area contributed by atoms with Crippen LogP contribution in [0.25, 0.3) is 0 Å². The normalized spacial score (nSPS) is 25.6. The number of nitrogens with one attached hydrogen (secondary N) is 1. The van der Waals surface area contributed by atoms with E-state index in [2.05, 4.69) is 45.0 Å². The van der Waals surface area contributed by atoms with Crippen molar-refractivity contribution < 1.29 is 0 Å². The molecule has 3 unspecified atom stereocenters. The first-order chi connectivity index (χ1) is 9.79. The lowest BCUT2D eigenvalue weighted by Gasteiger charge is -2.30. The van der Waals surface area contributed by atoms with Gasteiger partial charge in [0.05, 0.1) is 6.20 Å². The van der Waals surface area contributed by atoms with Gasteiger partial charge < -0.3 is 5.32 Å². The van der Waals surface area contributed by atoms with E-state index >= 15 is 0 Å². The van der Waals surface area contributed by atoms with Gasteiger partial charge in [-0.3, -0.25) is 4.68 Å². The lowest BCUT2D eigenvalue weighted by atomic mass is 9.76. The Labute approximate surface area is 130 Å². The molecule has 1 aliphatic rings. The summed E-state index contributed by atoms with van der Waals surface area (Å²) in [7, 11) is 2.02. The number of hydrogen-bond acceptors (Lipinski definition) is 2. The summed E-state index contributed by atoms with van der Waals surface area (Å²) in [4.78, 5) is 0. The first-order valence-electron chi connectivity index (χ1n) is 8.53. The van der Waals surface area contributed by atoms with Gasteiger partial charge in [0.2, 0.25) is 0 Å². The van der Waals surface area contributed by atoms with E-state index in [0.717, 1.165) is 5.92 Å². The van der Waals surface area contributed by atoms with Crippen molar-refractivity contribution in [2.75, 3.05) is 0 Å². The zero-order valence-corrected chi connectivity index (χ0v) is 14.7. The fourth-order valence-electron chi connectivity index (χ4n) is 3.72. The molecule has 1 N–H and O–H groups in total. The van der Waals surface area contributed by atoms with Crippen molar-refractivity contribution in [3.63, 3.8) is 0 Å². The number of nitrogens with zero attached hydrogens (tertiary/aromatic N) is 2. The van der Waals surface area contributed by atoms with Gasteiger partial charge in [-0.2, -0.15) is 5.10 Å². The molecule has 120 valence electrons. The van der Waals surface area contributed by atoms with Crippen molar-refractivity contribution in [3.8, 4) is 0 Å². The topological polar surface area (TPSA) is 29.9 Å². The fraction of sp³-hybridized carbons (Fsp3) is 0.833. The summed E-state index contributed by atoms with van der Waals surface area (Å²) in [6.07, 6.45) is 8.75. The smallest absolute Gasteiger partial charge is 0.0540 e. The van der Waals surface area contributed by atoms with Crippen LogP contribution in [0.1, 0.15) is 77.1 Å². The van der Waals surface area contributed by atoms with Crippen LogP contribution in [0.4, 0.5) is 0 Å². The van der Waals surface area contributed by atoms with Crippen LogP contribution in [0.2, 0.25) is 0 Å². The van der Waals surface area contributed by atoms with E-state index in [4.69, 9.17) is 0 Å². The van der Waals surface area contributed by atoms with Gasteiger partial charge >= 0.3 is 0 Å². The molecule has 2 rings (SSSR count). The van der Waals surface area contributed by atoms with Crippen molar-refractivity contribution in [1.29, 1.82) is 0 Å². The molecule has 3 atom stereocenters. The second kappa shape index (κ2) is 6.51. The largest absolute Gasteiger partial charge is 0.307 e. The van der Waals surface area contributed by atoms with Crippen molar-refractivity contribution in [3.05, 3.63) is 17.5 Å². The molecule has 1 heterocycles. The van der Waals surface area contributed by atoms with E-state index in [-0.39, 0.29) is 0 Å². The molecule has 1 fully saturated rings. The van der Waals surface area contributed by atoms with Gasteiger partial charge in [0.15, 0.2) is 0 Å². The maximum absolute atomic E-state index is 4.37. The molecule has 1 aliphatic carbocycles. The SMILES string of the molecule is Cc1c(C(C)NC2CCCC(C(C)(C)C)CC2)cnn1C. The minimum atomic E-state index is 0.398. The molecule has 0 bridgehead atoms. The van der Waals surface area contributed by atoms with E-state index in [1.807, 2.05) is 17.9 Å². The lowest BCUT2D eigenvalue weighted by Crippen LogP contribution is -2.31. The summed E-state index contributed by atoms with van der Waals surface area (Å²) in [5.41, 5.74) is 3.07. The Bertz CT molecular complexity index is 456. The highest BCUT2D eigenvalue weighted by Crippen LogP contribution is 2.37. The summed E-state index contributed by atoms with van der Waals surface area (Å²) in [5, 5.41) is 8.22. The molecule has 21 heavy (non-hydrogen) atoms. The summed E-state index contributed by atoms with van der Waals surface area (Å²) in [6.45, 7) is 11.6. The average Bonchev–Trinajstić information content (AvgIpc) is 2.62. The Morgan fingerprint density at radius 3 is 2.52 bits per heavy atom. The van der Waals surface area contributed by atoms with Crippen LogP contribution in [0.15, 0.2) is 6.20 Å². The van der Waals surface area contributed by atoms with E-state index in [9.17, 15) is 0 Å². The zero-order valence-electron chi connectivity index (χ0n) is 14.7. The van der Waals surface area contributed by atoms with Crippen LogP contribution in [0.3, 0.4) is 0 Å². The number of aryl methyl sites for hydroxylation is 1. The lowest BCUT2D eigenvalue weighted by molar-refractivity contribution is 0.213. The minimum absolute atomic E-state index is 0.398. The van der Waals surface area contributed by atoms with Crippen molar-refractivity contribution in [2.24, 2.45) is 18.4 Å². The predicted molar refractivity (Wildman–Crippen MR) is 89.3 cm³/mol. The van der Waals surface area contributed by atoms with E-state index < -0.39 is 0 Å². The first kappa shape index (κ1) is 16.5. The molecule has 1 saturated carbocycles. The van der Waals surface area contributed by atoms with Gasteiger partial charge in [-0.1, -0.05) is 27.2 Å². The molecule has 1 aromatic heterocycles. The molecule has 0 amide bonds. The number of aromatic nitrogens is 2. The molecular weight excluding hydrogens is 258 g/mol. The van der Waals surface area contributed by atoms with Crippen LogP contribution in [-0.4, -0.2) is 15.8 Å². The summed E-state index contributed by atoms with van der Waals surface area (Å²) < 4.78 is 1.97. The Balaban J connectivity index is 1.93. The third-order valence-corrected chi connectivity index (χ3v) is 5.42. The molecule has 0 aliphatic heterocycles. The molecule has 0 aromatic carbocycles. The molecule has 0 saturated heterocycles. The summed E-state index contributed by atoms with van der Waals surface area (Å²) in [6, 6.07) is 1.06. The highest BCUT2D eigenvalue weighted by atomic mass is 15.3. The van der Waals surface area contributed by atoms with Crippen molar-refractivity contribution in [1.82, 2.24) is 15.1 Å². The Hall–Kier alpha value is -0.830. The Morgan fingerprint density at radius 2 is 1.95 bits per heavy atom. The maximum atomic E-state index is 4.37. The van der Waals surface area contributed by atoms with Gasteiger partial charge in [-0.25, -0.2) is 0 Å². The third-order valence-electron chi connectivity index (χ3n) is 5.42. The van der Waals surface area contributed by atoms with Crippen LogP contribution < -0.4 is 5.32 Å². The highest BCUT2D eigenvalue weighted by molar-refractivity contribution is 5.19. The van der Waals surface area contributed by atoms with Crippen molar-refractivity contribution >= 4 is 0 Å². The molecule has 1 aromatic rings. The van der Waals surface area contributed by atoms with E-state index in [1.165, 1.54) is 43.4 Å². The van der Waals surface area contributed by atoms with Crippen LogP contribution in [0.5, 0.6) is 0 Å². The average molecular weight is 291 g/mol. The van der Waals surface area contributed by atoms with Gasteiger partial charge in [0.1, 0.15) is 0 Å². The van der Waals surface area contributed by atoms with Gasteiger partial charge in [0, 0.05) is 30.4 Å². The minimum Gasteiger partial charge on any atom is -0.307 e. The molecule has 3 heteroatoms. The Kier molecular flexibility index (Phi) is 5.13. The summed E-state index contributed by atoms with van der Waals surface area (Å²) in [5.74, 6) is 0.875. The van der Waals surface area contributed by atoms with E-state index in [1.54, 1.807) is 0 Å². The second-order valence-corrected chi connectivity index (χ2v) is 7.97. The molecule has 3 nitrogen and oxygen atoms in total. The standard InChI is InChI=1S/C18H33N3/c1-13(17-12-19-21(6)14(17)2)20-16-9-7-8-15(10-11-16)18(3,4)5/h12-13,15-16,20H,7-11H2,1-6H3. The monoisotopic (exact) mass is 291 g/mol. The first-order valence-corrected chi connectivity index (χ1v) is 8.53. The number of rotatable bonds is 3. The predicted octanol–water partition coefficient (Wildman–Crippen LogP) is 4.37. The van der Waals surface area contributed by atoms with Gasteiger partial charge in [-0.15, -0.1) is 0 Å². The van der Waals surface area contributed by atoms with Crippen LogP contribution in [0, 0.1) is 18.3 Å². The maximum Gasteiger partial charge on any atom is 0.0540 e. The van der Waals surface area contributed by atoms with Gasteiger partial charge in [0.25, 0.3) is 0 Å². The van der Waals surface area contributed by atoms with Crippen LogP contribution in [-0.2, 0) is 7.05 Å². The van der Waals surface area contributed by atoms with E-state index in [0.29, 0.717) is 17.5 Å². The highest BCUT2D eigenvalue weighted by Gasteiger charge is 2.28. The third kappa shape index (κ3) is 4.09. The molecule has 0 spiro atoms. The quantitative estimate of drug-likeness (QED) is 0.838. The fourth-order valence-corrected chi connectivity index (χ4v) is 3.72. The molecular formula is C18H33N3. The summed E-state index contributed by atoms with van der Waals surface area (Å²) >= 11 is 0. The Morgan fingerprint density at radius 1 is 1.24 bits per heavy atom. The van der Waals surface area contributed by atoms with Crippen molar-refractivity contribution in [2.45, 2.75) is 78.8 Å². The second-order valence-electron chi connectivity index (χ2n) is 7.97.